The standard InChI is InChI=1S/C23H46N2/c1-2-3-4-5-6-7-8-9-10-11-12-13-14-15-16-17-18-19-20-23-24-21-22-25-23/h2-22H2,1H3,(H,24,25). The Bertz CT molecular complexity index is 298. The minimum atomic E-state index is 0.994. The molecule has 0 amide bonds. The van der Waals surface area contributed by atoms with Crippen LogP contribution >= 0.6 is 0 Å². The lowest BCUT2D eigenvalue weighted by molar-refractivity contribution is 0.525. The largest absolute Gasteiger partial charge is 0.372 e. The molecule has 0 saturated heterocycles. The second kappa shape index (κ2) is 18.3. The number of nitrogens with one attached hydrogen (secondary N) is 1. The van der Waals surface area contributed by atoms with E-state index in [0.717, 1.165) is 13.1 Å². The number of hydrogen-bond acceptors (Lipinski definition) is 2. The molecule has 1 aliphatic heterocycles. The lowest BCUT2D eigenvalue weighted by Gasteiger charge is -2.04. The zero-order valence-corrected chi connectivity index (χ0v) is 17.3. The average molecular weight is 351 g/mol. The van der Waals surface area contributed by atoms with Gasteiger partial charge in [0.2, 0.25) is 0 Å². The highest BCUT2D eigenvalue weighted by Gasteiger charge is 2.03. The summed E-state index contributed by atoms with van der Waals surface area (Å²) in [5, 5.41) is 3.36. The quantitative estimate of drug-likeness (QED) is 0.241. The van der Waals surface area contributed by atoms with E-state index < -0.39 is 0 Å². The highest BCUT2D eigenvalue weighted by molar-refractivity contribution is 5.83. The molecule has 2 nitrogen and oxygen atoms in total. The van der Waals surface area contributed by atoms with Gasteiger partial charge in [0.25, 0.3) is 0 Å². The van der Waals surface area contributed by atoms with Crippen molar-refractivity contribution in [2.24, 2.45) is 4.99 Å². The summed E-state index contributed by atoms with van der Waals surface area (Å²) in [5.74, 6) is 1.26. The van der Waals surface area contributed by atoms with Crippen molar-refractivity contribution in [3.63, 3.8) is 0 Å². The molecule has 1 aliphatic rings. The Kier molecular flexibility index (Phi) is 16.4. The molecule has 2 heteroatoms. The lowest BCUT2D eigenvalue weighted by atomic mass is 10.0. The minimum Gasteiger partial charge on any atom is -0.372 e. The van der Waals surface area contributed by atoms with E-state index in [1.54, 1.807) is 0 Å². The molecule has 0 bridgehead atoms. The van der Waals surface area contributed by atoms with Gasteiger partial charge in [0.15, 0.2) is 0 Å². The van der Waals surface area contributed by atoms with E-state index >= 15 is 0 Å². The zero-order valence-electron chi connectivity index (χ0n) is 17.3. The highest BCUT2D eigenvalue weighted by Crippen LogP contribution is 2.14. The van der Waals surface area contributed by atoms with E-state index in [9.17, 15) is 0 Å². The second-order valence-corrected chi connectivity index (χ2v) is 8.02. The monoisotopic (exact) mass is 350 g/mol. The van der Waals surface area contributed by atoms with Crippen LogP contribution in [-0.4, -0.2) is 18.9 Å². The van der Waals surface area contributed by atoms with Gasteiger partial charge in [-0.15, -0.1) is 0 Å². The van der Waals surface area contributed by atoms with E-state index in [2.05, 4.69) is 17.2 Å². The Morgan fingerprint density at radius 1 is 0.600 bits per heavy atom. The first-order chi connectivity index (χ1) is 12.4. The molecule has 0 saturated carbocycles. The number of hydrogen-bond donors (Lipinski definition) is 1. The molecule has 1 heterocycles. The Hall–Kier alpha value is -0.530. The molecule has 0 aliphatic carbocycles. The normalized spacial score (nSPS) is 13.9. The van der Waals surface area contributed by atoms with Gasteiger partial charge in [0.05, 0.1) is 12.4 Å². The topological polar surface area (TPSA) is 24.4 Å². The van der Waals surface area contributed by atoms with Crippen LogP contribution in [0.25, 0.3) is 0 Å². The Morgan fingerprint density at radius 2 is 1.00 bits per heavy atom. The Balaban J connectivity index is 1.64. The third-order valence-electron chi connectivity index (χ3n) is 5.51. The van der Waals surface area contributed by atoms with Gasteiger partial charge >= 0.3 is 0 Å². The van der Waals surface area contributed by atoms with Crippen molar-refractivity contribution < 1.29 is 0 Å². The fourth-order valence-corrected chi connectivity index (χ4v) is 3.81. The molecule has 1 rings (SSSR count). The molecule has 0 aromatic rings. The summed E-state index contributed by atoms with van der Waals surface area (Å²) in [5.41, 5.74) is 0. The maximum Gasteiger partial charge on any atom is 0.0964 e. The number of nitrogens with zero attached hydrogens (tertiary/aromatic N) is 1. The van der Waals surface area contributed by atoms with Crippen LogP contribution < -0.4 is 5.32 Å². The predicted octanol–water partition coefficient (Wildman–Crippen LogP) is 7.42. The van der Waals surface area contributed by atoms with Crippen molar-refractivity contribution >= 4 is 5.84 Å². The van der Waals surface area contributed by atoms with Crippen LogP contribution in [0.1, 0.15) is 129 Å². The fraction of sp³-hybridized carbons (Fsp3) is 0.957. The molecule has 0 fully saturated rings. The van der Waals surface area contributed by atoms with Gasteiger partial charge in [0, 0.05) is 13.0 Å². The van der Waals surface area contributed by atoms with Crippen LogP contribution in [0.15, 0.2) is 4.99 Å². The second-order valence-electron chi connectivity index (χ2n) is 8.02. The molecule has 0 aromatic heterocycles. The SMILES string of the molecule is CCCCCCCCCCCCCCCCCCCCC1=NCCN1. The first-order valence-electron chi connectivity index (χ1n) is 11.7. The predicted molar refractivity (Wildman–Crippen MR) is 114 cm³/mol. The van der Waals surface area contributed by atoms with Crippen LogP contribution in [0.3, 0.4) is 0 Å². The van der Waals surface area contributed by atoms with E-state index in [0.29, 0.717) is 0 Å². The molecule has 1 N–H and O–H groups in total. The van der Waals surface area contributed by atoms with Crippen LogP contribution in [0.4, 0.5) is 0 Å². The summed E-state index contributed by atoms with van der Waals surface area (Å²) in [6.45, 7) is 4.36. The van der Waals surface area contributed by atoms with E-state index in [4.69, 9.17) is 0 Å². The summed E-state index contributed by atoms with van der Waals surface area (Å²) in [4.78, 5) is 4.46. The van der Waals surface area contributed by atoms with Crippen molar-refractivity contribution in [2.45, 2.75) is 129 Å². The van der Waals surface area contributed by atoms with Gasteiger partial charge in [-0.1, -0.05) is 116 Å². The van der Waals surface area contributed by atoms with Gasteiger partial charge in [-0.25, -0.2) is 0 Å². The molecule has 0 spiro atoms. The average Bonchev–Trinajstić information content (AvgIpc) is 3.14. The van der Waals surface area contributed by atoms with Gasteiger partial charge in [-0.3, -0.25) is 4.99 Å². The molecule has 0 aromatic carbocycles. The maximum absolute atomic E-state index is 4.46. The van der Waals surface area contributed by atoms with Crippen molar-refractivity contribution in [3.05, 3.63) is 0 Å². The van der Waals surface area contributed by atoms with Crippen LogP contribution in [0, 0.1) is 0 Å². The Labute approximate surface area is 158 Å². The van der Waals surface area contributed by atoms with Gasteiger partial charge in [-0.05, 0) is 6.42 Å². The summed E-state index contributed by atoms with van der Waals surface area (Å²) in [6.07, 6.45) is 27.2. The van der Waals surface area contributed by atoms with Crippen LogP contribution in [-0.2, 0) is 0 Å². The molecule has 25 heavy (non-hydrogen) atoms. The van der Waals surface area contributed by atoms with E-state index in [-0.39, 0.29) is 0 Å². The van der Waals surface area contributed by atoms with Gasteiger partial charge in [0.1, 0.15) is 0 Å². The van der Waals surface area contributed by atoms with Crippen molar-refractivity contribution in [1.29, 1.82) is 0 Å². The van der Waals surface area contributed by atoms with E-state index in [1.807, 2.05) is 0 Å². The number of unbranched alkanes of at least 4 members (excludes halogenated alkanes) is 17. The first kappa shape index (κ1) is 22.5. The zero-order chi connectivity index (χ0) is 17.8. The third kappa shape index (κ3) is 15.4. The fourth-order valence-electron chi connectivity index (χ4n) is 3.81. The summed E-state index contributed by atoms with van der Waals surface area (Å²) < 4.78 is 0. The molecule has 0 atom stereocenters. The van der Waals surface area contributed by atoms with E-state index in [1.165, 1.54) is 128 Å². The van der Waals surface area contributed by atoms with Crippen LogP contribution in [0.2, 0.25) is 0 Å². The summed E-state index contributed by atoms with van der Waals surface area (Å²) >= 11 is 0. The molecule has 0 radical (unpaired) electrons. The van der Waals surface area contributed by atoms with Crippen molar-refractivity contribution in [1.82, 2.24) is 5.32 Å². The summed E-state index contributed by atoms with van der Waals surface area (Å²) in [7, 11) is 0. The number of aliphatic imine (C=N–C) groups is 1. The molecular weight excluding hydrogens is 304 g/mol. The summed E-state index contributed by atoms with van der Waals surface area (Å²) in [6, 6.07) is 0. The first-order valence-corrected chi connectivity index (χ1v) is 11.7. The maximum atomic E-state index is 4.46. The van der Waals surface area contributed by atoms with Gasteiger partial charge < -0.3 is 5.32 Å². The molecular formula is C23H46N2. The Morgan fingerprint density at radius 3 is 1.36 bits per heavy atom. The van der Waals surface area contributed by atoms with Gasteiger partial charge in [-0.2, -0.15) is 0 Å². The third-order valence-corrected chi connectivity index (χ3v) is 5.51. The smallest absolute Gasteiger partial charge is 0.0964 e. The van der Waals surface area contributed by atoms with Crippen molar-refractivity contribution in [2.75, 3.05) is 13.1 Å². The molecule has 148 valence electrons. The highest BCUT2D eigenvalue weighted by atomic mass is 15.1. The minimum absolute atomic E-state index is 0.994. The number of amidine groups is 1. The number of rotatable bonds is 19. The lowest BCUT2D eigenvalue weighted by Crippen LogP contribution is -2.17. The molecule has 0 unspecified atom stereocenters. The van der Waals surface area contributed by atoms with Crippen LogP contribution in [0.5, 0.6) is 0 Å². The van der Waals surface area contributed by atoms with Crippen molar-refractivity contribution in [3.8, 4) is 0 Å².